The van der Waals surface area contributed by atoms with Gasteiger partial charge in [-0.1, -0.05) is 58.5 Å². The molecule has 3 aromatic rings. The highest BCUT2D eigenvalue weighted by Gasteiger charge is 2.35. The molecule has 8 nitrogen and oxygen atoms in total. The first-order valence-corrected chi connectivity index (χ1v) is 12.2. The van der Waals surface area contributed by atoms with Crippen molar-refractivity contribution in [1.82, 2.24) is 10.2 Å². The molecule has 0 spiro atoms. The number of aromatic nitrogens is 2. The highest BCUT2D eigenvalue weighted by Crippen LogP contribution is 2.29. The van der Waals surface area contributed by atoms with Crippen LogP contribution in [0.3, 0.4) is 0 Å². The van der Waals surface area contributed by atoms with Crippen LogP contribution in [0.15, 0.2) is 52.9 Å². The number of hydrogen-bond donors (Lipinski definition) is 2. The van der Waals surface area contributed by atoms with E-state index in [1.165, 1.54) is 23.1 Å². The van der Waals surface area contributed by atoms with E-state index in [9.17, 15) is 14.4 Å². The van der Waals surface area contributed by atoms with Crippen LogP contribution >= 0.6 is 34.7 Å². The smallest absolute Gasteiger partial charge is 0.234 e. The molecular formula is C22H20ClN5O3S2. The molecule has 1 aromatic heterocycles. The van der Waals surface area contributed by atoms with Crippen molar-refractivity contribution in [1.29, 1.82) is 0 Å². The summed E-state index contributed by atoms with van der Waals surface area (Å²) in [7, 11) is 0. The fourth-order valence-corrected chi connectivity index (χ4v) is 5.02. The molecule has 1 aliphatic heterocycles. The number of nitrogens with one attached hydrogen (secondary N) is 2. The molecular weight excluding hydrogens is 482 g/mol. The van der Waals surface area contributed by atoms with Crippen LogP contribution < -0.4 is 15.5 Å². The molecule has 0 aliphatic carbocycles. The number of anilines is 3. The fraction of sp³-hybridized carbons (Fsp3) is 0.227. The number of thioether (sulfide) groups is 1. The van der Waals surface area contributed by atoms with E-state index in [0.29, 0.717) is 26.7 Å². The molecule has 2 aromatic carbocycles. The number of benzene rings is 2. The van der Waals surface area contributed by atoms with Gasteiger partial charge in [0, 0.05) is 29.4 Å². The number of halogens is 1. The molecule has 170 valence electrons. The molecule has 3 amide bonds. The van der Waals surface area contributed by atoms with Gasteiger partial charge in [0.2, 0.25) is 22.9 Å². The largest absolute Gasteiger partial charge is 0.325 e. The molecule has 4 rings (SSSR count). The number of nitrogens with zero attached hydrogens (tertiary/aromatic N) is 3. The van der Waals surface area contributed by atoms with Gasteiger partial charge in [-0.3, -0.25) is 14.4 Å². The summed E-state index contributed by atoms with van der Waals surface area (Å²) in [6.07, 6.45) is 0.143. The van der Waals surface area contributed by atoms with Crippen molar-refractivity contribution in [2.45, 2.75) is 17.7 Å². The minimum Gasteiger partial charge on any atom is -0.325 e. The second kappa shape index (κ2) is 10.3. The fourth-order valence-electron chi connectivity index (χ4n) is 3.27. The van der Waals surface area contributed by atoms with E-state index in [1.807, 2.05) is 31.2 Å². The third-order valence-electron chi connectivity index (χ3n) is 4.91. The lowest BCUT2D eigenvalue weighted by atomic mass is 10.1. The zero-order chi connectivity index (χ0) is 23.4. The summed E-state index contributed by atoms with van der Waals surface area (Å²) in [5.41, 5.74) is 2.50. The van der Waals surface area contributed by atoms with Crippen molar-refractivity contribution in [2.24, 2.45) is 5.92 Å². The number of rotatable bonds is 7. The molecule has 1 atom stereocenters. The van der Waals surface area contributed by atoms with E-state index < -0.39 is 5.92 Å². The molecule has 1 saturated heterocycles. The van der Waals surface area contributed by atoms with Crippen molar-refractivity contribution in [3.63, 3.8) is 0 Å². The van der Waals surface area contributed by atoms with E-state index >= 15 is 0 Å². The topological polar surface area (TPSA) is 104 Å². The number of carbonyl (C=O) groups is 3. The van der Waals surface area contributed by atoms with Gasteiger partial charge in [0.1, 0.15) is 0 Å². The first-order chi connectivity index (χ1) is 15.9. The van der Waals surface area contributed by atoms with Crippen molar-refractivity contribution in [2.75, 3.05) is 27.8 Å². The Bertz CT molecular complexity index is 1180. The predicted molar refractivity (Wildman–Crippen MR) is 131 cm³/mol. The highest BCUT2D eigenvalue weighted by atomic mass is 35.5. The van der Waals surface area contributed by atoms with Gasteiger partial charge in [-0.25, -0.2) is 0 Å². The molecule has 11 heteroatoms. The Morgan fingerprint density at radius 3 is 2.73 bits per heavy atom. The van der Waals surface area contributed by atoms with Gasteiger partial charge in [-0.05, 0) is 37.3 Å². The normalized spacial score (nSPS) is 15.5. The second-order valence-corrected chi connectivity index (χ2v) is 10.1. The van der Waals surface area contributed by atoms with E-state index in [4.69, 9.17) is 11.6 Å². The molecule has 0 radical (unpaired) electrons. The maximum Gasteiger partial charge on any atom is 0.234 e. The minimum atomic E-state index is -0.470. The van der Waals surface area contributed by atoms with Crippen molar-refractivity contribution in [3.8, 4) is 0 Å². The lowest BCUT2D eigenvalue weighted by molar-refractivity contribution is -0.122. The van der Waals surface area contributed by atoms with E-state index in [-0.39, 0.29) is 29.9 Å². The third kappa shape index (κ3) is 6.10. The number of hydrogen-bond acceptors (Lipinski definition) is 7. The van der Waals surface area contributed by atoms with Gasteiger partial charge >= 0.3 is 0 Å². The Hall–Kier alpha value is -2.95. The molecule has 33 heavy (non-hydrogen) atoms. The van der Waals surface area contributed by atoms with Gasteiger partial charge < -0.3 is 15.5 Å². The summed E-state index contributed by atoms with van der Waals surface area (Å²) in [5.74, 6) is -0.897. The predicted octanol–water partition coefficient (Wildman–Crippen LogP) is 4.22. The van der Waals surface area contributed by atoms with Crippen LogP contribution in [0.4, 0.5) is 16.5 Å². The van der Waals surface area contributed by atoms with Crippen LogP contribution in [0.25, 0.3) is 0 Å². The Kier molecular flexibility index (Phi) is 7.26. The third-order valence-corrected chi connectivity index (χ3v) is 7.12. The van der Waals surface area contributed by atoms with Gasteiger partial charge in [0.05, 0.1) is 11.7 Å². The molecule has 0 saturated carbocycles. The van der Waals surface area contributed by atoms with E-state index in [2.05, 4.69) is 20.8 Å². The Balaban J connectivity index is 1.27. The average Bonchev–Trinajstić information content (AvgIpc) is 3.39. The van der Waals surface area contributed by atoms with Crippen LogP contribution in [0.1, 0.15) is 12.0 Å². The van der Waals surface area contributed by atoms with E-state index in [1.54, 1.807) is 29.2 Å². The van der Waals surface area contributed by atoms with Crippen molar-refractivity contribution < 1.29 is 14.4 Å². The molecule has 1 fully saturated rings. The van der Waals surface area contributed by atoms with Gasteiger partial charge in [0.25, 0.3) is 0 Å². The monoisotopic (exact) mass is 501 g/mol. The zero-order valence-electron chi connectivity index (χ0n) is 17.6. The standard InChI is InChI=1S/C22H20ClN5O3S2/c1-13-5-7-17(8-6-13)28-11-14(9-19(28)30)20(31)25-21-26-27-22(33-21)32-12-18(29)24-16-4-2-3-15(23)10-16/h2-8,10,14H,9,11-12H2,1H3,(H,24,29)(H,25,26,31). The van der Waals surface area contributed by atoms with Crippen LogP contribution in [-0.2, 0) is 14.4 Å². The number of aryl methyl sites for hydroxylation is 1. The molecule has 2 N–H and O–H groups in total. The Labute approximate surface area is 203 Å². The summed E-state index contributed by atoms with van der Waals surface area (Å²) in [4.78, 5) is 38.8. The lowest BCUT2D eigenvalue weighted by Gasteiger charge is -2.16. The molecule has 2 heterocycles. The summed E-state index contributed by atoms with van der Waals surface area (Å²) < 4.78 is 0.551. The molecule has 1 aliphatic rings. The lowest BCUT2D eigenvalue weighted by Crippen LogP contribution is -2.28. The van der Waals surface area contributed by atoms with Crippen LogP contribution in [0.5, 0.6) is 0 Å². The molecule has 1 unspecified atom stereocenters. The summed E-state index contributed by atoms with van der Waals surface area (Å²) in [6.45, 7) is 2.30. The average molecular weight is 502 g/mol. The Morgan fingerprint density at radius 2 is 1.97 bits per heavy atom. The summed E-state index contributed by atoms with van der Waals surface area (Å²) in [6, 6.07) is 14.5. The molecule has 0 bridgehead atoms. The van der Waals surface area contributed by atoms with Crippen molar-refractivity contribution in [3.05, 3.63) is 59.1 Å². The first kappa shape index (κ1) is 23.2. The number of carbonyl (C=O) groups excluding carboxylic acids is 3. The zero-order valence-corrected chi connectivity index (χ0v) is 20.0. The first-order valence-electron chi connectivity index (χ1n) is 10.1. The van der Waals surface area contributed by atoms with Gasteiger partial charge in [0.15, 0.2) is 4.34 Å². The van der Waals surface area contributed by atoms with Gasteiger partial charge in [-0.2, -0.15) is 0 Å². The maximum absolute atomic E-state index is 12.7. The minimum absolute atomic E-state index is 0.0850. The van der Waals surface area contributed by atoms with Crippen LogP contribution in [0, 0.1) is 12.8 Å². The SMILES string of the molecule is Cc1ccc(N2CC(C(=O)Nc3nnc(SCC(=O)Nc4cccc(Cl)c4)s3)CC2=O)cc1. The highest BCUT2D eigenvalue weighted by molar-refractivity contribution is 8.01. The quantitative estimate of drug-likeness (QED) is 0.371. The summed E-state index contributed by atoms with van der Waals surface area (Å²) >= 11 is 8.31. The van der Waals surface area contributed by atoms with Gasteiger partial charge in [-0.15, -0.1) is 10.2 Å². The van der Waals surface area contributed by atoms with E-state index in [0.717, 1.165) is 11.3 Å². The summed E-state index contributed by atoms with van der Waals surface area (Å²) in [5, 5.41) is 14.4. The van der Waals surface area contributed by atoms with Crippen molar-refractivity contribution >= 4 is 68.9 Å². The second-order valence-electron chi connectivity index (χ2n) is 7.45. The maximum atomic E-state index is 12.7. The Morgan fingerprint density at radius 1 is 1.18 bits per heavy atom. The number of amides is 3. The van der Waals surface area contributed by atoms with Crippen LogP contribution in [-0.4, -0.2) is 40.2 Å². The van der Waals surface area contributed by atoms with Crippen LogP contribution in [0.2, 0.25) is 5.02 Å².